The van der Waals surface area contributed by atoms with Gasteiger partial charge in [-0.05, 0) is 31.7 Å². The molecule has 1 saturated carbocycles. The van der Waals surface area contributed by atoms with Gasteiger partial charge in [0.2, 0.25) is 17.8 Å². The lowest BCUT2D eigenvalue weighted by Crippen LogP contribution is -2.58. The van der Waals surface area contributed by atoms with Gasteiger partial charge in [-0.2, -0.15) is 0 Å². The number of rotatable bonds is 5. The quantitative estimate of drug-likeness (QED) is 0.710. The van der Waals surface area contributed by atoms with Gasteiger partial charge in [0.05, 0.1) is 6.04 Å². The zero-order valence-electron chi connectivity index (χ0n) is 18.8. The Labute approximate surface area is 185 Å². The first-order chi connectivity index (χ1) is 15.1. The van der Waals surface area contributed by atoms with Crippen molar-refractivity contribution in [1.29, 1.82) is 0 Å². The van der Waals surface area contributed by atoms with Crippen molar-refractivity contribution in [3.05, 3.63) is 18.5 Å². The predicted octanol–water partition coefficient (Wildman–Crippen LogP) is 1.63. The lowest BCUT2D eigenvalue weighted by molar-refractivity contribution is -0.139. The number of nitrogens with zero attached hydrogens (tertiary/aromatic N) is 6. The summed E-state index contributed by atoms with van der Waals surface area (Å²) < 4.78 is 0. The molecule has 4 rings (SSSR count). The van der Waals surface area contributed by atoms with E-state index < -0.39 is 0 Å². The van der Waals surface area contributed by atoms with Crippen LogP contribution < -0.4 is 4.90 Å². The van der Waals surface area contributed by atoms with Crippen LogP contribution in [0.2, 0.25) is 0 Å². The molecule has 170 valence electrons. The smallest absolute Gasteiger partial charge is 0.239 e. The molecule has 1 aliphatic carbocycles. The average Bonchev–Trinajstić information content (AvgIpc) is 2.84. The van der Waals surface area contributed by atoms with Crippen molar-refractivity contribution in [2.24, 2.45) is 5.92 Å². The molecule has 3 aliphatic rings. The molecule has 0 spiro atoms. The number of aromatic nitrogens is 2. The van der Waals surface area contributed by atoms with Crippen LogP contribution in [0.5, 0.6) is 0 Å². The number of amides is 2. The van der Waals surface area contributed by atoms with Crippen LogP contribution in [0.4, 0.5) is 5.95 Å². The molecular formula is C23H36N6O2. The first-order valence-electron chi connectivity index (χ1n) is 11.9. The van der Waals surface area contributed by atoms with Crippen LogP contribution in [0.3, 0.4) is 0 Å². The number of hydrogen-bond acceptors (Lipinski definition) is 6. The third kappa shape index (κ3) is 5.53. The van der Waals surface area contributed by atoms with Crippen LogP contribution in [0.1, 0.15) is 45.4 Å². The molecule has 0 N–H and O–H groups in total. The van der Waals surface area contributed by atoms with Gasteiger partial charge in [-0.25, -0.2) is 9.97 Å². The fraction of sp³-hybridized carbons (Fsp3) is 0.739. The van der Waals surface area contributed by atoms with E-state index in [1.165, 1.54) is 32.1 Å². The number of hydrogen-bond donors (Lipinski definition) is 0. The van der Waals surface area contributed by atoms with E-state index >= 15 is 0 Å². The molecule has 8 nitrogen and oxygen atoms in total. The molecule has 8 heteroatoms. The second-order valence-corrected chi connectivity index (χ2v) is 9.16. The predicted molar refractivity (Wildman–Crippen MR) is 120 cm³/mol. The average molecular weight is 429 g/mol. The highest BCUT2D eigenvalue weighted by molar-refractivity contribution is 5.82. The molecule has 3 fully saturated rings. The van der Waals surface area contributed by atoms with Gasteiger partial charge in [-0.1, -0.05) is 19.3 Å². The maximum Gasteiger partial charge on any atom is 0.239 e. The lowest BCUT2D eigenvalue weighted by atomic mass is 9.86. The summed E-state index contributed by atoms with van der Waals surface area (Å²) >= 11 is 0. The van der Waals surface area contributed by atoms with Crippen LogP contribution in [0, 0.1) is 5.92 Å². The Kier molecular flexibility index (Phi) is 7.37. The lowest BCUT2D eigenvalue weighted by Gasteiger charge is -2.41. The fourth-order valence-corrected chi connectivity index (χ4v) is 5.13. The van der Waals surface area contributed by atoms with Crippen molar-refractivity contribution in [2.45, 2.75) is 51.5 Å². The molecule has 1 aromatic heterocycles. The van der Waals surface area contributed by atoms with Gasteiger partial charge >= 0.3 is 0 Å². The van der Waals surface area contributed by atoms with Crippen molar-refractivity contribution < 1.29 is 9.59 Å². The molecule has 3 heterocycles. The van der Waals surface area contributed by atoms with Crippen molar-refractivity contribution in [3.63, 3.8) is 0 Å². The number of piperazine rings is 2. The Morgan fingerprint density at radius 1 is 0.903 bits per heavy atom. The highest BCUT2D eigenvalue weighted by Crippen LogP contribution is 2.27. The highest BCUT2D eigenvalue weighted by atomic mass is 16.2. The molecular weight excluding hydrogens is 392 g/mol. The minimum Gasteiger partial charge on any atom is -0.340 e. The summed E-state index contributed by atoms with van der Waals surface area (Å²) in [6, 6.07) is 1.67. The van der Waals surface area contributed by atoms with Crippen molar-refractivity contribution in [3.8, 4) is 0 Å². The van der Waals surface area contributed by atoms with Gasteiger partial charge in [0.1, 0.15) is 0 Å². The van der Waals surface area contributed by atoms with E-state index in [0.717, 1.165) is 45.2 Å². The van der Waals surface area contributed by atoms with Crippen LogP contribution in [-0.2, 0) is 9.59 Å². The third-order valence-corrected chi connectivity index (χ3v) is 7.19. The molecule has 2 amide bonds. The molecule has 1 aromatic rings. The second kappa shape index (κ2) is 10.4. The van der Waals surface area contributed by atoms with Gasteiger partial charge in [0.25, 0.3) is 0 Å². The van der Waals surface area contributed by atoms with Crippen molar-refractivity contribution in [1.82, 2.24) is 24.7 Å². The van der Waals surface area contributed by atoms with E-state index in [1.807, 2.05) is 22.8 Å². The van der Waals surface area contributed by atoms with Crippen LogP contribution in [-0.4, -0.2) is 94.9 Å². The molecule has 1 atom stereocenters. The van der Waals surface area contributed by atoms with E-state index in [2.05, 4.69) is 19.8 Å². The molecule has 2 aliphatic heterocycles. The van der Waals surface area contributed by atoms with E-state index in [1.54, 1.807) is 12.4 Å². The minimum absolute atomic E-state index is 0.143. The first kappa shape index (κ1) is 22.0. The summed E-state index contributed by atoms with van der Waals surface area (Å²) in [6.07, 6.45) is 10.5. The molecule has 2 saturated heterocycles. The monoisotopic (exact) mass is 428 g/mol. The van der Waals surface area contributed by atoms with E-state index in [-0.39, 0.29) is 11.9 Å². The topological polar surface area (TPSA) is 72.9 Å². The number of anilines is 1. The zero-order valence-corrected chi connectivity index (χ0v) is 18.8. The number of carbonyl (C=O) groups excluding carboxylic acids is 2. The van der Waals surface area contributed by atoms with E-state index in [4.69, 9.17) is 0 Å². The maximum absolute atomic E-state index is 13.1. The van der Waals surface area contributed by atoms with E-state index in [0.29, 0.717) is 31.3 Å². The van der Waals surface area contributed by atoms with Crippen LogP contribution in [0.15, 0.2) is 18.5 Å². The van der Waals surface area contributed by atoms with Gasteiger partial charge in [0, 0.05) is 71.2 Å². The summed E-state index contributed by atoms with van der Waals surface area (Å²) in [5.74, 6) is 1.82. The maximum atomic E-state index is 13.1. The Morgan fingerprint density at radius 2 is 1.52 bits per heavy atom. The summed E-state index contributed by atoms with van der Waals surface area (Å²) in [7, 11) is 0. The second-order valence-electron chi connectivity index (χ2n) is 9.16. The highest BCUT2D eigenvalue weighted by Gasteiger charge is 2.32. The summed E-state index contributed by atoms with van der Waals surface area (Å²) in [5, 5.41) is 0. The Hall–Kier alpha value is -2.22. The fourth-order valence-electron chi connectivity index (χ4n) is 5.13. The van der Waals surface area contributed by atoms with Gasteiger partial charge < -0.3 is 14.7 Å². The Balaban J connectivity index is 1.21. The van der Waals surface area contributed by atoms with Crippen LogP contribution in [0.25, 0.3) is 0 Å². The van der Waals surface area contributed by atoms with Gasteiger partial charge in [-0.3, -0.25) is 14.5 Å². The Morgan fingerprint density at radius 3 is 2.16 bits per heavy atom. The summed E-state index contributed by atoms with van der Waals surface area (Å²) in [5.41, 5.74) is 0. The molecule has 0 radical (unpaired) electrons. The van der Waals surface area contributed by atoms with Gasteiger partial charge in [-0.15, -0.1) is 0 Å². The molecule has 0 aromatic carbocycles. The van der Waals surface area contributed by atoms with E-state index in [9.17, 15) is 9.59 Å². The Bertz CT molecular complexity index is 723. The summed E-state index contributed by atoms with van der Waals surface area (Å²) in [4.78, 5) is 42.7. The SMILES string of the molecule is CC(C(=O)N1CCN(c2ncccn2)CC1)N1CCN(C(=O)CC2CCCCC2)CC1. The third-order valence-electron chi connectivity index (χ3n) is 7.19. The first-order valence-corrected chi connectivity index (χ1v) is 11.9. The molecule has 1 unspecified atom stereocenters. The minimum atomic E-state index is -0.143. The largest absolute Gasteiger partial charge is 0.340 e. The van der Waals surface area contributed by atoms with Crippen LogP contribution >= 0.6 is 0 Å². The van der Waals surface area contributed by atoms with Crippen molar-refractivity contribution in [2.75, 3.05) is 57.3 Å². The normalized spacial score (nSPS) is 22.4. The zero-order chi connectivity index (χ0) is 21.6. The molecule has 0 bridgehead atoms. The number of carbonyl (C=O) groups is 2. The summed E-state index contributed by atoms with van der Waals surface area (Å²) in [6.45, 7) is 7.95. The standard InChI is InChI=1S/C23H36N6O2/c1-19(22(31)28-14-16-29(17-15-28)23-24-8-5-9-25-23)26-10-12-27(13-11-26)21(30)18-20-6-3-2-4-7-20/h5,8-9,19-20H,2-4,6-7,10-18H2,1H3. The molecule has 31 heavy (non-hydrogen) atoms. The van der Waals surface area contributed by atoms with Gasteiger partial charge in [0.15, 0.2) is 0 Å². The van der Waals surface area contributed by atoms with Crippen molar-refractivity contribution >= 4 is 17.8 Å².